The molecular weight excluding hydrogens is 290 g/mol. The molecule has 0 saturated heterocycles. The topological polar surface area (TPSA) is 71.1 Å². The Morgan fingerprint density at radius 2 is 2.09 bits per heavy atom. The second kappa shape index (κ2) is 6.11. The Kier molecular flexibility index (Phi) is 4.00. The number of fused-ring (bicyclic) bond motifs is 1. The van der Waals surface area contributed by atoms with Crippen molar-refractivity contribution in [3.63, 3.8) is 0 Å². The van der Waals surface area contributed by atoms with E-state index in [-0.39, 0.29) is 0 Å². The fourth-order valence-corrected chi connectivity index (χ4v) is 2.72. The van der Waals surface area contributed by atoms with Crippen LogP contribution in [0.15, 0.2) is 42.5 Å². The Labute approximate surface area is 134 Å². The Bertz CT molecular complexity index is 891. The standard InChI is InChI=1S/C18H17N3O2/c1-12(22)18-20-15-5-3-4-6-16(15)21(18)11-14-9-13(10-19)7-8-17(14)23-2/h3-9,12,22H,11H2,1-2H3/t12-/m0/s1. The molecule has 3 rings (SSSR count). The maximum atomic E-state index is 10.0. The van der Waals surface area contributed by atoms with Crippen molar-refractivity contribution in [1.82, 2.24) is 9.55 Å². The average Bonchev–Trinajstić information content (AvgIpc) is 2.94. The van der Waals surface area contributed by atoms with Crippen molar-refractivity contribution in [1.29, 1.82) is 5.26 Å². The number of rotatable bonds is 4. The SMILES string of the molecule is COc1ccc(C#N)cc1Cn1c([C@H](C)O)nc2ccccc21. The third-order valence-electron chi connectivity index (χ3n) is 3.80. The van der Waals surface area contributed by atoms with E-state index in [0.29, 0.717) is 23.7 Å². The lowest BCUT2D eigenvalue weighted by Gasteiger charge is -2.14. The molecule has 0 spiro atoms. The van der Waals surface area contributed by atoms with Gasteiger partial charge >= 0.3 is 0 Å². The van der Waals surface area contributed by atoms with Crippen LogP contribution in [0.4, 0.5) is 0 Å². The summed E-state index contributed by atoms with van der Waals surface area (Å²) in [6.45, 7) is 2.17. The molecule has 5 nitrogen and oxygen atoms in total. The number of hydrogen-bond donors (Lipinski definition) is 1. The minimum Gasteiger partial charge on any atom is -0.496 e. The van der Waals surface area contributed by atoms with E-state index in [1.165, 1.54) is 0 Å². The van der Waals surface area contributed by atoms with Gasteiger partial charge in [0.1, 0.15) is 17.7 Å². The van der Waals surface area contributed by atoms with Gasteiger partial charge in [0.15, 0.2) is 0 Å². The minimum absolute atomic E-state index is 0.472. The highest BCUT2D eigenvalue weighted by Crippen LogP contribution is 2.26. The summed E-state index contributed by atoms with van der Waals surface area (Å²) in [7, 11) is 1.60. The van der Waals surface area contributed by atoms with Crippen LogP contribution in [-0.2, 0) is 6.54 Å². The predicted octanol–water partition coefficient (Wildman–Crippen LogP) is 3.02. The smallest absolute Gasteiger partial charge is 0.138 e. The molecular formula is C18H17N3O2. The number of imidazole rings is 1. The molecule has 1 aromatic heterocycles. The van der Waals surface area contributed by atoms with Crippen LogP contribution in [0.3, 0.4) is 0 Å². The van der Waals surface area contributed by atoms with Gasteiger partial charge in [-0.05, 0) is 37.3 Å². The molecule has 3 aromatic rings. The third kappa shape index (κ3) is 2.77. The second-order valence-corrected chi connectivity index (χ2v) is 5.36. The van der Waals surface area contributed by atoms with Gasteiger partial charge in [0.05, 0.1) is 36.3 Å². The van der Waals surface area contributed by atoms with E-state index in [4.69, 9.17) is 10.00 Å². The van der Waals surface area contributed by atoms with Gasteiger partial charge in [-0.15, -0.1) is 0 Å². The largest absolute Gasteiger partial charge is 0.496 e. The first kappa shape index (κ1) is 15.1. The molecule has 1 atom stereocenters. The van der Waals surface area contributed by atoms with Crippen LogP contribution in [0.1, 0.15) is 30.0 Å². The maximum Gasteiger partial charge on any atom is 0.138 e. The van der Waals surface area contributed by atoms with Gasteiger partial charge in [-0.1, -0.05) is 12.1 Å². The molecule has 1 heterocycles. The Morgan fingerprint density at radius 1 is 1.30 bits per heavy atom. The zero-order chi connectivity index (χ0) is 16.4. The monoisotopic (exact) mass is 307 g/mol. The first-order chi connectivity index (χ1) is 11.1. The number of ether oxygens (including phenoxy) is 1. The summed E-state index contributed by atoms with van der Waals surface area (Å²) < 4.78 is 7.36. The lowest BCUT2D eigenvalue weighted by atomic mass is 10.1. The van der Waals surface area contributed by atoms with Gasteiger partial charge in [-0.25, -0.2) is 4.98 Å². The van der Waals surface area contributed by atoms with E-state index in [1.54, 1.807) is 32.2 Å². The van der Waals surface area contributed by atoms with Crippen molar-refractivity contribution in [2.75, 3.05) is 7.11 Å². The van der Waals surface area contributed by atoms with E-state index in [9.17, 15) is 5.11 Å². The molecule has 0 saturated carbocycles. The number of nitriles is 1. The Morgan fingerprint density at radius 3 is 2.78 bits per heavy atom. The highest BCUT2D eigenvalue weighted by atomic mass is 16.5. The van der Waals surface area contributed by atoms with Gasteiger partial charge in [-0.3, -0.25) is 0 Å². The van der Waals surface area contributed by atoms with Gasteiger partial charge in [0.25, 0.3) is 0 Å². The molecule has 0 unspecified atom stereocenters. The molecule has 116 valence electrons. The van der Waals surface area contributed by atoms with E-state index in [0.717, 1.165) is 16.6 Å². The summed E-state index contributed by atoms with van der Waals surface area (Å²) >= 11 is 0. The summed E-state index contributed by atoms with van der Waals surface area (Å²) in [5.74, 6) is 1.30. The van der Waals surface area contributed by atoms with Crippen molar-refractivity contribution in [2.45, 2.75) is 19.6 Å². The van der Waals surface area contributed by atoms with Crippen LogP contribution in [0.5, 0.6) is 5.75 Å². The van der Waals surface area contributed by atoms with Crippen LogP contribution >= 0.6 is 0 Å². The summed E-state index contributed by atoms with van der Waals surface area (Å²) in [5.41, 5.74) is 3.21. The van der Waals surface area contributed by atoms with Crippen LogP contribution in [0, 0.1) is 11.3 Å². The molecule has 0 fully saturated rings. The van der Waals surface area contributed by atoms with E-state index in [2.05, 4.69) is 11.1 Å². The van der Waals surface area contributed by atoms with E-state index < -0.39 is 6.10 Å². The Balaban J connectivity index is 2.15. The molecule has 0 radical (unpaired) electrons. The lowest BCUT2D eigenvalue weighted by molar-refractivity contribution is 0.185. The van der Waals surface area contributed by atoms with Gasteiger partial charge in [0, 0.05) is 5.56 Å². The van der Waals surface area contributed by atoms with Crippen molar-refractivity contribution < 1.29 is 9.84 Å². The van der Waals surface area contributed by atoms with Crippen molar-refractivity contribution in [3.05, 3.63) is 59.4 Å². The molecule has 0 amide bonds. The van der Waals surface area contributed by atoms with Crippen molar-refractivity contribution >= 4 is 11.0 Å². The zero-order valence-corrected chi connectivity index (χ0v) is 13.0. The quantitative estimate of drug-likeness (QED) is 0.804. The summed E-state index contributed by atoms with van der Waals surface area (Å²) in [6.07, 6.45) is -0.687. The molecule has 5 heteroatoms. The molecule has 23 heavy (non-hydrogen) atoms. The molecule has 0 aliphatic rings. The van der Waals surface area contributed by atoms with Gasteiger partial charge in [-0.2, -0.15) is 5.26 Å². The normalized spacial score (nSPS) is 12.1. The van der Waals surface area contributed by atoms with Crippen molar-refractivity contribution in [3.8, 4) is 11.8 Å². The molecule has 0 aliphatic carbocycles. The minimum atomic E-state index is -0.687. The van der Waals surface area contributed by atoms with Crippen LogP contribution < -0.4 is 4.74 Å². The van der Waals surface area contributed by atoms with E-state index in [1.807, 2.05) is 28.8 Å². The average molecular weight is 307 g/mol. The number of methoxy groups -OCH3 is 1. The maximum absolute atomic E-state index is 10.0. The number of aliphatic hydroxyl groups is 1. The van der Waals surface area contributed by atoms with Crippen LogP contribution in [0.2, 0.25) is 0 Å². The third-order valence-corrected chi connectivity index (χ3v) is 3.80. The molecule has 2 aromatic carbocycles. The lowest BCUT2D eigenvalue weighted by Crippen LogP contribution is -2.09. The number of aromatic nitrogens is 2. The first-order valence-electron chi connectivity index (χ1n) is 7.34. The van der Waals surface area contributed by atoms with Gasteiger partial charge < -0.3 is 14.4 Å². The second-order valence-electron chi connectivity index (χ2n) is 5.36. The molecule has 1 N–H and O–H groups in total. The molecule has 0 aliphatic heterocycles. The number of para-hydroxylation sites is 2. The van der Waals surface area contributed by atoms with E-state index >= 15 is 0 Å². The predicted molar refractivity (Wildman–Crippen MR) is 87.2 cm³/mol. The zero-order valence-electron chi connectivity index (χ0n) is 13.0. The highest BCUT2D eigenvalue weighted by molar-refractivity contribution is 5.76. The van der Waals surface area contributed by atoms with Crippen molar-refractivity contribution in [2.24, 2.45) is 0 Å². The molecule has 0 bridgehead atoms. The number of benzene rings is 2. The number of hydrogen-bond acceptors (Lipinski definition) is 4. The summed E-state index contributed by atoms with van der Waals surface area (Å²) in [5, 5.41) is 19.2. The fourth-order valence-electron chi connectivity index (χ4n) is 2.72. The number of aliphatic hydroxyl groups excluding tert-OH is 1. The van der Waals surface area contributed by atoms with Crippen LogP contribution in [0.25, 0.3) is 11.0 Å². The van der Waals surface area contributed by atoms with Gasteiger partial charge in [0.2, 0.25) is 0 Å². The summed E-state index contributed by atoms with van der Waals surface area (Å²) in [4.78, 5) is 4.51. The highest BCUT2D eigenvalue weighted by Gasteiger charge is 2.16. The first-order valence-corrected chi connectivity index (χ1v) is 7.34. The fraction of sp³-hybridized carbons (Fsp3) is 0.222. The Hall–Kier alpha value is -2.84. The number of nitrogens with zero attached hydrogens (tertiary/aromatic N) is 3. The van der Waals surface area contributed by atoms with Crippen LogP contribution in [-0.4, -0.2) is 21.8 Å². The summed E-state index contributed by atoms with van der Waals surface area (Å²) in [6, 6.07) is 15.2.